The van der Waals surface area contributed by atoms with E-state index in [2.05, 4.69) is 0 Å². The van der Waals surface area contributed by atoms with Crippen LogP contribution in [0.25, 0.3) is 0 Å². The van der Waals surface area contributed by atoms with E-state index in [-0.39, 0.29) is 5.82 Å². The summed E-state index contributed by atoms with van der Waals surface area (Å²) < 4.78 is 12.8. The van der Waals surface area contributed by atoms with E-state index >= 15 is 0 Å². The number of aryl methyl sites for hydroxylation is 1. The van der Waals surface area contributed by atoms with E-state index in [0.29, 0.717) is 12.3 Å². The Bertz CT molecular complexity index is 333. The lowest BCUT2D eigenvalue weighted by molar-refractivity contribution is -0.108. The molecule has 1 aliphatic carbocycles. The molecule has 0 spiro atoms. The molecule has 0 bridgehead atoms. The van der Waals surface area contributed by atoms with Crippen LogP contribution >= 0.6 is 0 Å². The highest BCUT2D eigenvalue weighted by Gasteiger charge is 2.21. The maximum absolute atomic E-state index is 12.8. The van der Waals surface area contributed by atoms with Gasteiger partial charge in [0.25, 0.3) is 0 Å². The van der Waals surface area contributed by atoms with E-state index in [1.807, 2.05) is 6.07 Å². The van der Waals surface area contributed by atoms with Crippen LogP contribution < -0.4 is 0 Å². The van der Waals surface area contributed by atoms with Gasteiger partial charge < -0.3 is 4.79 Å². The summed E-state index contributed by atoms with van der Waals surface area (Å²) in [6, 6.07) is 4.87. The minimum absolute atomic E-state index is 0.175. The third-order valence-electron chi connectivity index (χ3n) is 2.69. The van der Waals surface area contributed by atoms with Crippen molar-refractivity contribution in [1.82, 2.24) is 0 Å². The lowest BCUT2D eigenvalue weighted by Crippen LogP contribution is -1.93. The van der Waals surface area contributed by atoms with E-state index in [1.54, 1.807) is 6.07 Å². The molecule has 0 saturated heterocycles. The lowest BCUT2D eigenvalue weighted by Gasteiger charge is -2.06. The van der Waals surface area contributed by atoms with Gasteiger partial charge in [-0.15, -0.1) is 0 Å². The molecule has 0 fully saturated rings. The molecule has 0 aliphatic heterocycles. The second-order valence-electron chi connectivity index (χ2n) is 3.48. The molecule has 2 rings (SSSR count). The number of halogens is 1. The molecule has 0 N–H and O–H groups in total. The Hall–Kier alpha value is -1.18. The van der Waals surface area contributed by atoms with Crippen molar-refractivity contribution in [1.29, 1.82) is 0 Å². The molecule has 1 aromatic rings. The Morgan fingerprint density at radius 3 is 3.15 bits per heavy atom. The van der Waals surface area contributed by atoms with Crippen molar-refractivity contribution in [3.8, 4) is 0 Å². The van der Waals surface area contributed by atoms with Crippen LogP contribution in [0.5, 0.6) is 0 Å². The molecule has 1 aliphatic rings. The number of carbonyl (C=O) groups excluding carboxylic acids is 1. The first kappa shape index (κ1) is 8.42. The second kappa shape index (κ2) is 3.29. The Balaban J connectivity index is 2.32. The van der Waals surface area contributed by atoms with Gasteiger partial charge in [-0.2, -0.15) is 0 Å². The fourth-order valence-electron chi connectivity index (χ4n) is 2.04. The zero-order valence-corrected chi connectivity index (χ0v) is 7.29. The first-order chi connectivity index (χ1) is 6.31. The average Bonchev–Trinajstić information content (AvgIpc) is 2.49. The van der Waals surface area contributed by atoms with E-state index < -0.39 is 0 Å². The van der Waals surface area contributed by atoms with Crippen LogP contribution in [-0.4, -0.2) is 6.29 Å². The largest absolute Gasteiger partial charge is 0.303 e. The maximum Gasteiger partial charge on any atom is 0.123 e. The zero-order chi connectivity index (χ0) is 9.26. The molecule has 0 aromatic heterocycles. The van der Waals surface area contributed by atoms with Crippen LogP contribution in [0.15, 0.2) is 18.2 Å². The third kappa shape index (κ3) is 1.48. The van der Waals surface area contributed by atoms with Gasteiger partial charge in [-0.3, -0.25) is 0 Å². The number of hydrogen-bond acceptors (Lipinski definition) is 1. The fraction of sp³-hybridized carbons (Fsp3) is 0.364. The van der Waals surface area contributed by atoms with Gasteiger partial charge in [0.15, 0.2) is 0 Å². The fourth-order valence-corrected chi connectivity index (χ4v) is 2.04. The Kier molecular flexibility index (Phi) is 2.13. The standard InChI is InChI=1S/C11H11FO/c12-10-3-4-11-8(5-6-13)1-2-9(11)7-10/h3-4,6-8H,1-2,5H2. The van der Waals surface area contributed by atoms with Crippen LogP contribution in [0, 0.1) is 5.82 Å². The smallest absolute Gasteiger partial charge is 0.123 e. The molecule has 1 unspecified atom stereocenters. The minimum atomic E-state index is -0.175. The molecule has 0 amide bonds. The topological polar surface area (TPSA) is 17.1 Å². The molecule has 1 nitrogen and oxygen atoms in total. The number of benzene rings is 1. The maximum atomic E-state index is 12.8. The molecule has 68 valence electrons. The molecular formula is C11H11FO. The summed E-state index contributed by atoms with van der Waals surface area (Å²) >= 11 is 0. The lowest BCUT2D eigenvalue weighted by atomic mass is 9.99. The molecule has 0 saturated carbocycles. The molecule has 1 atom stereocenters. The molecule has 2 heteroatoms. The summed E-state index contributed by atoms with van der Waals surface area (Å²) in [6.07, 6.45) is 3.41. The van der Waals surface area contributed by atoms with Gasteiger partial charge in [-0.25, -0.2) is 4.39 Å². The minimum Gasteiger partial charge on any atom is -0.303 e. The van der Waals surface area contributed by atoms with Gasteiger partial charge >= 0.3 is 0 Å². The van der Waals surface area contributed by atoms with Gasteiger partial charge in [0, 0.05) is 6.42 Å². The average molecular weight is 178 g/mol. The predicted molar refractivity (Wildman–Crippen MR) is 48.1 cm³/mol. The highest BCUT2D eigenvalue weighted by Crippen LogP contribution is 2.34. The summed E-state index contributed by atoms with van der Waals surface area (Å²) in [6.45, 7) is 0. The van der Waals surface area contributed by atoms with Gasteiger partial charge in [0.1, 0.15) is 12.1 Å². The van der Waals surface area contributed by atoms with Crippen LogP contribution in [0.3, 0.4) is 0 Å². The van der Waals surface area contributed by atoms with Gasteiger partial charge in [0.2, 0.25) is 0 Å². The molecule has 0 heterocycles. The van der Waals surface area contributed by atoms with E-state index in [9.17, 15) is 9.18 Å². The molecular weight excluding hydrogens is 167 g/mol. The Morgan fingerprint density at radius 1 is 1.54 bits per heavy atom. The second-order valence-corrected chi connectivity index (χ2v) is 3.48. The van der Waals surface area contributed by atoms with Gasteiger partial charge in [-0.05, 0) is 42.0 Å². The highest BCUT2D eigenvalue weighted by molar-refractivity contribution is 5.53. The summed E-state index contributed by atoms with van der Waals surface area (Å²) in [4.78, 5) is 10.4. The Morgan fingerprint density at radius 2 is 2.38 bits per heavy atom. The quantitative estimate of drug-likeness (QED) is 0.636. The predicted octanol–water partition coefficient (Wildman–Crippen LogP) is 2.44. The number of rotatable bonds is 2. The van der Waals surface area contributed by atoms with E-state index in [0.717, 1.165) is 30.3 Å². The number of hydrogen-bond donors (Lipinski definition) is 0. The van der Waals surface area contributed by atoms with Crippen LogP contribution in [0.2, 0.25) is 0 Å². The zero-order valence-electron chi connectivity index (χ0n) is 7.29. The van der Waals surface area contributed by atoms with Crippen LogP contribution in [-0.2, 0) is 11.2 Å². The molecule has 0 radical (unpaired) electrons. The van der Waals surface area contributed by atoms with Crippen molar-refractivity contribution in [2.45, 2.75) is 25.2 Å². The first-order valence-corrected chi connectivity index (χ1v) is 4.53. The summed E-state index contributed by atoms with van der Waals surface area (Å²) in [5.74, 6) is 0.151. The van der Waals surface area contributed by atoms with E-state index in [4.69, 9.17) is 0 Å². The third-order valence-corrected chi connectivity index (χ3v) is 2.69. The van der Waals surface area contributed by atoms with Crippen molar-refractivity contribution in [3.05, 3.63) is 35.1 Å². The Labute approximate surface area is 76.6 Å². The molecule has 13 heavy (non-hydrogen) atoms. The van der Waals surface area contributed by atoms with Crippen molar-refractivity contribution >= 4 is 6.29 Å². The monoisotopic (exact) mass is 178 g/mol. The summed E-state index contributed by atoms with van der Waals surface area (Å²) in [5, 5.41) is 0. The molecule has 1 aromatic carbocycles. The van der Waals surface area contributed by atoms with E-state index in [1.165, 1.54) is 6.07 Å². The van der Waals surface area contributed by atoms with Crippen LogP contribution in [0.1, 0.15) is 29.9 Å². The van der Waals surface area contributed by atoms with Crippen molar-refractivity contribution in [2.24, 2.45) is 0 Å². The summed E-state index contributed by atoms with van der Waals surface area (Å²) in [7, 11) is 0. The highest BCUT2D eigenvalue weighted by atomic mass is 19.1. The summed E-state index contributed by atoms with van der Waals surface area (Å²) in [5.41, 5.74) is 2.24. The first-order valence-electron chi connectivity index (χ1n) is 4.53. The number of fused-ring (bicyclic) bond motifs is 1. The SMILES string of the molecule is O=CCC1CCc2cc(F)ccc21. The normalized spacial score (nSPS) is 19.9. The number of carbonyl (C=O) groups is 1. The van der Waals surface area contributed by atoms with Crippen molar-refractivity contribution < 1.29 is 9.18 Å². The van der Waals surface area contributed by atoms with Crippen molar-refractivity contribution in [2.75, 3.05) is 0 Å². The van der Waals surface area contributed by atoms with Crippen molar-refractivity contribution in [3.63, 3.8) is 0 Å². The van der Waals surface area contributed by atoms with Crippen LogP contribution in [0.4, 0.5) is 4.39 Å². The van der Waals surface area contributed by atoms with Gasteiger partial charge in [-0.1, -0.05) is 6.07 Å². The number of aldehydes is 1. The van der Waals surface area contributed by atoms with Gasteiger partial charge in [0.05, 0.1) is 0 Å².